The van der Waals surface area contributed by atoms with Crippen molar-refractivity contribution >= 4 is 21.6 Å². The molecule has 2 rings (SSSR count). The molecule has 0 saturated heterocycles. The standard InChI is InChI=1S/C19H24N2O4S/c1-5-21(13-19(22)20-17-9-7-6-8-14(17)2)26(23,24)16-10-11-18(25-4)15(3)12-16/h6-12H,5,13H2,1-4H3,(H,20,22). The summed E-state index contributed by atoms with van der Waals surface area (Å²) >= 11 is 0. The summed E-state index contributed by atoms with van der Waals surface area (Å²) in [5.41, 5.74) is 2.30. The van der Waals surface area contributed by atoms with E-state index in [1.54, 1.807) is 32.0 Å². The average molecular weight is 376 g/mol. The third-order valence-electron chi connectivity index (χ3n) is 4.10. The highest BCUT2D eigenvalue weighted by Gasteiger charge is 2.26. The van der Waals surface area contributed by atoms with E-state index < -0.39 is 10.0 Å². The van der Waals surface area contributed by atoms with Crippen molar-refractivity contribution in [1.82, 2.24) is 4.31 Å². The van der Waals surface area contributed by atoms with Crippen molar-refractivity contribution in [2.75, 3.05) is 25.5 Å². The van der Waals surface area contributed by atoms with Crippen molar-refractivity contribution in [2.45, 2.75) is 25.7 Å². The quantitative estimate of drug-likeness (QED) is 0.806. The lowest BCUT2D eigenvalue weighted by Gasteiger charge is -2.21. The molecule has 2 aromatic carbocycles. The van der Waals surface area contributed by atoms with Gasteiger partial charge >= 0.3 is 0 Å². The molecule has 0 saturated carbocycles. The fraction of sp³-hybridized carbons (Fsp3) is 0.316. The summed E-state index contributed by atoms with van der Waals surface area (Å²) in [5, 5.41) is 2.76. The third-order valence-corrected chi connectivity index (χ3v) is 6.01. The molecule has 0 bridgehead atoms. The van der Waals surface area contributed by atoms with Crippen molar-refractivity contribution in [1.29, 1.82) is 0 Å². The highest BCUT2D eigenvalue weighted by molar-refractivity contribution is 7.89. The Hall–Kier alpha value is -2.38. The summed E-state index contributed by atoms with van der Waals surface area (Å²) in [5.74, 6) is 0.235. The van der Waals surface area contributed by atoms with Crippen LogP contribution in [0.25, 0.3) is 0 Å². The van der Waals surface area contributed by atoms with Gasteiger partial charge in [-0.2, -0.15) is 4.31 Å². The van der Waals surface area contributed by atoms with Crippen molar-refractivity contribution in [3.05, 3.63) is 53.6 Å². The summed E-state index contributed by atoms with van der Waals surface area (Å²) in [4.78, 5) is 12.5. The number of benzene rings is 2. The lowest BCUT2D eigenvalue weighted by molar-refractivity contribution is -0.116. The number of nitrogens with one attached hydrogen (secondary N) is 1. The monoisotopic (exact) mass is 376 g/mol. The summed E-state index contributed by atoms with van der Waals surface area (Å²) in [6.45, 7) is 5.30. The second-order valence-electron chi connectivity index (χ2n) is 5.93. The first kappa shape index (κ1) is 19.9. The Bertz CT molecular complexity index is 894. The fourth-order valence-electron chi connectivity index (χ4n) is 2.59. The molecule has 0 spiro atoms. The number of likely N-dealkylation sites (N-methyl/N-ethyl adjacent to an activating group) is 1. The zero-order valence-electron chi connectivity index (χ0n) is 15.4. The van der Waals surface area contributed by atoms with Crippen molar-refractivity contribution in [2.24, 2.45) is 0 Å². The molecule has 140 valence electrons. The number of carbonyl (C=O) groups excluding carboxylic acids is 1. The zero-order chi connectivity index (χ0) is 19.3. The van der Waals surface area contributed by atoms with Gasteiger partial charge in [-0.05, 0) is 49.2 Å². The van der Waals surface area contributed by atoms with E-state index in [4.69, 9.17) is 4.74 Å². The zero-order valence-corrected chi connectivity index (χ0v) is 16.3. The van der Waals surface area contributed by atoms with Gasteiger partial charge in [-0.15, -0.1) is 0 Å². The lowest BCUT2D eigenvalue weighted by atomic mass is 10.2. The normalized spacial score (nSPS) is 11.4. The molecule has 0 atom stereocenters. The number of rotatable bonds is 7. The van der Waals surface area contributed by atoms with Crippen LogP contribution in [0.2, 0.25) is 0 Å². The van der Waals surface area contributed by atoms with Crippen LogP contribution in [0.1, 0.15) is 18.1 Å². The number of methoxy groups -OCH3 is 1. The number of anilines is 1. The summed E-state index contributed by atoms with van der Waals surface area (Å²) in [7, 11) is -2.25. The van der Waals surface area contributed by atoms with Crippen LogP contribution in [0, 0.1) is 13.8 Å². The van der Waals surface area contributed by atoms with Crippen LogP contribution in [0.3, 0.4) is 0 Å². The summed E-state index contributed by atoms with van der Waals surface area (Å²) in [6.07, 6.45) is 0. The number of hydrogen-bond donors (Lipinski definition) is 1. The van der Waals surface area contributed by atoms with Gasteiger partial charge in [0.15, 0.2) is 0 Å². The van der Waals surface area contributed by atoms with Gasteiger partial charge in [0.05, 0.1) is 18.6 Å². The van der Waals surface area contributed by atoms with Gasteiger partial charge in [0.1, 0.15) is 5.75 Å². The molecule has 0 heterocycles. The number of aryl methyl sites for hydroxylation is 2. The Balaban J connectivity index is 2.19. The highest BCUT2D eigenvalue weighted by atomic mass is 32.2. The highest BCUT2D eigenvalue weighted by Crippen LogP contribution is 2.23. The number of hydrogen-bond acceptors (Lipinski definition) is 4. The molecule has 1 amide bonds. The molecule has 2 aromatic rings. The number of para-hydroxylation sites is 1. The van der Waals surface area contributed by atoms with E-state index in [1.807, 2.05) is 25.1 Å². The summed E-state index contributed by atoms with van der Waals surface area (Å²) in [6, 6.07) is 12.0. The molecule has 6 nitrogen and oxygen atoms in total. The van der Waals surface area contributed by atoms with E-state index in [-0.39, 0.29) is 23.9 Å². The second kappa shape index (κ2) is 8.33. The number of ether oxygens (including phenoxy) is 1. The van der Waals surface area contributed by atoms with E-state index >= 15 is 0 Å². The molecule has 0 unspecified atom stereocenters. The first-order valence-corrected chi connectivity index (χ1v) is 9.74. The van der Waals surface area contributed by atoms with E-state index in [2.05, 4.69) is 5.32 Å². The van der Waals surface area contributed by atoms with Crippen molar-refractivity contribution < 1.29 is 17.9 Å². The third kappa shape index (κ3) is 4.42. The molecule has 0 aromatic heterocycles. The molecule has 0 radical (unpaired) electrons. The van der Waals surface area contributed by atoms with Crippen LogP contribution < -0.4 is 10.1 Å². The largest absolute Gasteiger partial charge is 0.496 e. The predicted octanol–water partition coefficient (Wildman–Crippen LogP) is 2.96. The minimum absolute atomic E-state index is 0.140. The summed E-state index contributed by atoms with van der Waals surface area (Å²) < 4.78 is 32.1. The topological polar surface area (TPSA) is 75.7 Å². The van der Waals surface area contributed by atoms with Gasteiger partial charge in [0, 0.05) is 12.2 Å². The molecule has 0 aliphatic rings. The van der Waals surface area contributed by atoms with Gasteiger partial charge in [-0.1, -0.05) is 25.1 Å². The first-order valence-electron chi connectivity index (χ1n) is 8.30. The molecular formula is C19H24N2O4S. The molecule has 0 aliphatic heterocycles. The molecule has 0 fully saturated rings. The van der Waals surface area contributed by atoms with Gasteiger partial charge in [0.25, 0.3) is 0 Å². The maximum atomic E-state index is 12.9. The Morgan fingerprint density at radius 3 is 2.38 bits per heavy atom. The molecule has 0 aliphatic carbocycles. The van der Waals surface area contributed by atoms with E-state index in [1.165, 1.54) is 13.2 Å². The first-order chi connectivity index (χ1) is 12.3. The Morgan fingerprint density at radius 2 is 1.81 bits per heavy atom. The molecular weight excluding hydrogens is 352 g/mol. The molecule has 1 N–H and O–H groups in total. The minimum atomic E-state index is -3.78. The van der Waals surface area contributed by atoms with E-state index in [0.29, 0.717) is 17.0 Å². The van der Waals surface area contributed by atoms with Crippen molar-refractivity contribution in [3.8, 4) is 5.75 Å². The number of nitrogens with zero attached hydrogens (tertiary/aromatic N) is 1. The Kier molecular flexibility index (Phi) is 6.39. The SMILES string of the molecule is CCN(CC(=O)Nc1ccccc1C)S(=O)(=O)c1ccc(OC)c(C)c1. The van der Waals surface area contributed by atoms with Crippen LogP contribution in [-0.2, 0) is 14.8 Å². The van der Waals surface area contributed by atoms with Crippen LogP contribution in [0.5, 0.6) is 5.75 Å². The Morgan fingerprint density at radius 1 is 1.12 bits per heavy atom. The maximum Gasteiger partial charge on any atom is 0.243 e. The van der Waals surface area contributed by atoms with Gasteiger partial charge in [0.2, 0.25) is 15.9 Å². The maximum absolute atomic E-state index is 12.9. The fourth-order valence-corrected chi connectivity index (χ4v) is 4.08. The van der Waals surface area contributed by atoms with Gasteiger partial charge < -0.3 is 10.1 Å². The predicted molar refractivity (Wildman–Crippen MR) is 102 cm³/mol. The molecule has 7 heteroatoms. The molecule has 26 heavy (non-hydrogen) atoms. The van der Waals surface area contributed by atoms with Crippen LogP contribution in [-0.4, -0.2) is 38.8 Å². The number of sulfonamides is 1. The second-order valence-corrected chi connectivity index (χ2v) is 7.86. The minimum Gasteiger partial charge on any atom is -0.496 e. The number of amides is 1. The van der Waals surface area contributed by atoms with Crippen LogP contribution in [0.4, 0.5) is 5.69 Å². The van der Waals surface area contributed by atoms with Gasteiger partial charge in [-0.25, -0.2) is 8.42 Å². The van der Waals surface area contributed by atoms with Crippen molar-refractivity contribution in [3.63, 3.8) is 0 Å². The van der Waals surface area contributed by atoms with Crippen LogP contribution >= 0.6 is 0 Å². The van der Waals surface area contributed by atoms with Gasteiger partial charge in [-0.3, -0.25) is 4.79 Å². The van der Waals surface area contributed by atoms with E-state index in [9.17, 15) is 13.2 Å². The lowest BCUT2D eigenvalue weighted by Crippen LogP contribution is -2.38. The number of carbonyl (C=O) groups is 1. The smallest absolute Gasteiger partial charge is 0.243 e. The van der Waals surface area contributed by atoms with E-state index in [0.717, 1.165) is 9.87 Å². The Labute approximate surface area is 154 Å². The average Bonchev–Trinajstić information content (AvgIpc) is 2.61. The van der Waals surface area contributed by atoms with Crippen LogP contribution in [0.15, 0.2) is 47.4 Å².